The first-order valence-corrected chi connectivity index (χ1v) is 22.0. The second kappa shape index (κ2) is 36.8. The third kappa shape index (κ3) is 36.6. The Hall–Kier alpha value is -0.990. The topological polar surface area (TPSA) is 134 Å². The van der Waals surface area contributed by atoms with E-state index in [0.717, 1.165) is 32.1 Å². The SMILES string of the molecule is CCCCCCCCCCCCCCCCCCCCC(=O)OC[C@@H](COP(=O)(O)OCCN)OC(=O)CCCCCCCCCCCC. The van der Waals surface area contributed by atoms with Crippen molar-refractivity contribution in [2.75, 3.05) is 26.4 Å². The summed E-state index contributed by atoms with van der Waals surface area (Å²) in [6.45, 7) is 3.74. The van der Waals surface area contributed by atoms with Crippen LogP contribution in [0.15, 0.2) is 0 Å². The van der Waals surface area contributed by atoms with E-state index in [2.05, 4.69) is 13.8 Å². The van der Waals surface area contributed by atoms with Crippen LogP contribution in [0.5, 0.6) is 0 Å². The molecule has 2 atom stereocenters. The van der Waals surface area contributed by atoms with Crippen LogP contribution >= 0.6 is 7.82 Å². The molecule has 49 heavy (non-hydrogen) atoms. The van der Waals surface area contributed by atoms with E-state index in [9.17, 15) is 19.0 Å². The van der Waals surface area contributed by atoms with E-state index >= 15 is 0 Å². The Kier molecular flexibility index (Phi) is 36.0. The lowest BCUT2D eigenvalue weighted by Gasteiger charge is -2.19. The monoisotopic (exact) mass is 720 g/mol. The van der Waals surface area contributed by atoms with Crippen LogP contribution in [-0.4, -0.2) is 49.3 Å². The number of nitrogens with two attached hydrogens (primary N) is 1. The fourth-order valence-electron chi connectivity index (χ4n) is 5.93. The highest BCUT2D eigenvalue weighted by Crippen LogP contribution is 2.43. The molecule has 10 heteroatoms. The summed E-state index contributed by atoms with van der Waals surface area (Å²) >= 11 is 0. The first-order valence-electron chi connectivity index (χ1n) is 20.5. The largest absolute Gasteiger partial charge is 0.472 e. The maximum absolute atomic E-state index is 12.5. The summed E-state index contributed by atoms with van der Waals surface area (Å²) < 4.78 is 32.7. The molecule has 0 rings (SSSR count). The molecule has 0 spiro atoms. The molecule has 0 saturated carbocycles. The molecule has 0 aromatic heterocycles. The lowest BCUT2D eigenvalue weighted by molar-refractivity contribution is -0.161. The van der Waals surface area contributed by atoms with Crippen LogP contribution in [0.2, 0.25) is 0 Å². The zero-order valence-electron chi connectivity index (χ0n) is 31.9. The first-order chi connectivity index (χ1) is 23.8. The molecule has 1 unspecified atom stereocenters. The summed E-state index contributed by atoms with van der Waals surface area (Å²) in [5, 5.41) is 0. The van der Waals surface area contributed by atoms with E-state index < -0.39 is 26.5 Å². The molecule has 0 fully saturated rings. The number of esters is 2. The summed E-state index contributed by atoms with van der Waals surface area (Å²) in [5.74, 6) is -0.817. The second-order valence-corrected chi connectivity index (χ2v) is 15.3. The van der Waals surface area contributed by atoms with E-state index in [1.165, 1.54) is 141 Å². The minimum absolute atomic E-state index is 0.0578. The Morgan fingerprint density at radius 3 is 1.24 bits per heavy atom. The summed E-state index contributed by atoms with van der Waals surface area (Å²) in [4.78, 5) is 34.7. The number of carbonyl (C=O) groups excluding carboxylic acids is 2. The van der Waals surface area contributed by atoms with Crippen molar-refractivity contribution in [2.24, 2.45) is 5.73 Å². The van der Waals surface area contributed by atoms with Gasteiger partial charge in [0, 0.05) is 19.4 Å². The highest BCUT2D eigenvalue weighted by atomic mass is 31.2. The van der Waals surface area contributed by atoms with Crippen LogP contribution in [0.4, 0.5) is 0 Å². The van der Waals surface area contributed by atoms with Crippen LogP contribution in [0.1, 0.15) is 206 Å². The first kappa shape index (κ1) is 48.0. The molecule has 0 amide bonds. The van der Waals surface area contributed by atoms with E-state index in [4.69, 9.17) is 24.3 Å². The summed E-state index contributed by atoms with van der Waals surface area (Å²) in [7, 11) is -4.36. The number of hydrogen-bond donors (Lipinski definition) is 2. The summed E-state index contributed by atoms with van der Waals surface area (Å²) in [5.41, 5.74) is 5.33. The van der Waals surface area contributed by atoms with Crippen molar-refractivity contribution >= 4 is 19.8 Å². The van der Waals surface area contributed by atoms with Crippen LogP contribution in [-0.2, 0) is 32.7 Å². The van der Waals surface area contributed by atoms with Gasteiger partial charge in [0.25, 0.3) is 0 Å². The normalized spacial score (nSPS) is 13.3. The highest BCUT2D eigenvalue weighted by Gasteiger charge is 2.26. The van der Waals surface area contributed by atoms with Gasteiger partial charge >= 0.3 is 19.8 Å². The molecule has 3 N–H and O–H groups in total. The van der Waals surface area contributed by atoms with Crippen LogP contribution in [0, 0.1) is 0 Å². The zero-order chi connectivity index (χ0) is 36.1. The summed E-state index contributed by atoms with van der Waals surface area (Å²) in [6, 6.07) is 0. The van der Waals surface area contributed by atoms with Crippen molar-refractivity contribution in [1.82, 2.24) is 0 Å². The number of phosphoric acid groups is 1. The molecular formula is C39H78NO8P. The Morgan fingerprint density at radius 1 is 0.531 bits per heavy atom. The van der Waals surface area contributed by atoms with Gasteiger partial charge in [-0.05, 0) is 12.8 Å². The Balaban J connectivity index is 4.07. The fraction of sp³-hybridized carbons (Fsp3) is 0.949. The second-order valence-electron chi connectivity index (χ2n) is 13.9. The molecule has 0 radical (unpaired) electrons. The molecule has 9 nitrogen and oxygen atoms in total. The molecule has 0 aromatic carbocycles. The number of ether oxygens (including phenoxy) is 2. The van der Waals surface area contributed by atoms with Gasteiger partial charge in [-0.1, -0.05) is 181 Å². The van der Waals surface area contributed by atoms with Gasteiger partial charge in [0.05, 0.1) is 13.2 Å². The van der Waals surface area contributed by atoms with Gasteiger partial charge in [-0.3, -0.25) is 18.6 Å². The van der Waals surface area contributed by atoms with Crippen molar-refractivity contribution < 1.29 is 37.6 Å². The van der Waals surface area contributed by atoms with Gasteiger partial charge in [0.2, 0.25) is 0 Å². The molecule has 0 aliphatic carbocycles. The molecule has 292 valence electrons. The lowest BCUT2D eigenvalue weighted by atomic mass is 10.0. The van der Waals surface area contributed by atoms with Crippen molar-refractivity contribution in [1.29, 1.82) is 0 Å². The van der Waals surface area contributed by atoms with Crippen LogP contribution < -0.4 is 5.73 Å². The minimum Gasteiger partial charge on any atom is -0.462 e. The third-order valence-electron chi connectivity index (χ3n) is 8.99. The Bertz CT molecular complexity index is 784. The molecule has 0 aromatic rings. The summed E-state index contributed by atoms with van der Waals surface area (Å²) in [6.07, 6.45) is 34.2. The molecule has 0 aliphatic heterocycles. The van der Waals surface area contributed by atoms with Crippen molar-refractivity contribution in [3.8, 4) is 0 Å². The number of unbranched alkanes of at least 4 members (excludes halogenated alkanes) is 26. The predicted molar refractivity (Wildman–Crippen MR) is 201 cm³/mol. The standard InChI is InChI=1S/C39H78NO8P/c1-3-5-7-9-11-13-15-16-17-18-19-20-21-22-24-25-27-29-31-38(41)45-35-37(36-47-49(43,44)46-34-33-40)48-39(42)32-30-28-26-23-14-12-10-8-6-4-2/h37H,3-36,40H2,1-2H3,(H,43,44)/t37-/m0/s1. The van der Waals surface area contributed by atoms with Crippen molar-refractivity contribution in [2.45, 2.75) is 213 Å². The van der Waals surface area contributed by atoms with E-state index in [0.29, 0.717) is 6.42 Å². The van der Waals surface area contributed by atoms with Gasteiger partial charge in [-0.25, -0.2) is 4.57 Å². The molecule has 0 aliphatic rings. The van der Waals surface area contributed by atoms with Crippen LogP contribution in [0.25, 0.3) is 0 Å². The minimum atomic E-state index is -4.36. The van der Waals surface area contributed by atoms with E-state index in [-0.39, 0.29) is 38.6 Å². The van der Waals surface area contributed by atoms with Crippen molar-refractivity contribution in [3.63, 3.8) is 0 Å². The van der Waals surface area contributed by atoms with Gasteiger partial charge < -0.3 is 20.1 Å². The van der Waals surface area contributed by atoms with E-state index in [1.807, 2.05) is 0 Å². The molecular weight excluding hydrogens is 641 g/mol. The fourth-order valence-corrected chi connectivity index (χ4v) is 6.69. The maximum Gasteiger partial charge on any atom is 0.472 e. The third-order valence-corrected chi connectivity index (χ3v) is 9.98. The smallest absolute Gasteiger partial charge is 0.462 e. The van der Waals surface area contributed by atoms with Crippen LogP contribution in [0.3, 0.4) is 0 Å². The zero-order valence-corrected chi connectivity index (χ0v) is 32.8. The molecule has 0 bridgehead atoms. The average molecular weight is 720 g/mol. The van der Waals surface area contributed by atoms with E-state index in [1.54, 1.807) is 0 Å². The van der Waals surface area contributed by atoms with Gasteiger partial charge in [0.15, 0.2) is 6.10 Å². The highest BCUT2D eigenvalue weighted by molar-refractivity contribution is 7.47. The lowest BCUT2D eigenvalue weighted by Crippen LogP contribution is -2.29. The molecule has 0 heterocycles. The quantitative estimate of drug-likeness (QED) is 0.0361. The Morgan fingerprint density at radius 2 is 0.878 bits per heavy atom. The maximum atomic E-state index is 12.5. The number of hydrogen-bond acceptors (Lipinski definition) is 8. The van der Waals surface area contributed by atoms with Gasteiger partial charge in [0.1, 0.15) is 6.61 Å². The number of phosphoric ester groups is 1. The number of carbonyl (C=O) groups is 2. The average Bonchev–Trinajstić information content (AvgIpc) is 3.08. The number of rotatable bonds is 39. The van der Waals surface area contributed by atoms with Crippen molar-refractivity contribution in [3.05, 3.63) is 0 Å². The molecule has 0 saturated heterocycles. The van der Waals surface area contributed by atoms with Gasteiger partial charge in [-0.2, -0.15) is 0 Å². The predicted octanol–water partition coefficient (Wildman–Crippen LogP) is 11.3. The Labute approximate surface area is 301 Å². The van der Waals surface area contributed by atoms with Gasteiger partial charge in [-0.15, -0.1) is 0 Å².